The number of aromatic nitrogens is 1. The van der Waals surface area contributed by atoms with Crippen LogP contribution in [0.3, 0.4) is 0 Å². The van der Waals surface area contributed by atoms with Crippen LogP contribution in [0.2, 0.25) is 0 Å². The molecule has 150 valence electrons. The van der Waals surface area contributed by atoms with Gasteiger partial charge < -0.3 is 24.8 Å². The van der Waals surface area contributed by atoms with Crippen LogP contribution >= 0.6 is 0 Å². The summed E-state index contributed by atoms with van der Waals surface area (Å²) >= 11 is 0. The average molecular weight is 384 g/mol. The van der Waals surface area contributed by atoms with Gasteiger partial charge in [-0.1, -0.05) is 0 Å². The largest absolute Gasteiger partial charge is 0.496 e. The second-order valence-electron chi connectivity index (χ2n) is 6.58. The van der Waals surface area contributed by atoms with Gasteiger partial charge in [-0.3, -0.25) is 4.98 Å². The lowest BCUT2D eigenvalue weighted by Gasteiger charge is -2.14. The van der Waals surface area contributed by atoms with Crippen molar-refractivity contribution in [2.24, 2.45) is 4.99 Å². The normalized spacial score (nSPS) is 13.6. The van der Waals surface area contributed by atoms with Crippen LogP contribution in [0.5, 0.6) is 17.2 Å². The van der Waals surface area contributed by atoms with Gasteiger partial charge in [-0.05, 0) is 32.9 Å². The van der Waals surface area contributed by atoms with E-state index in [1.54, 1.807) is 7.11 Å². The quantitative estimate of drug-likeness (QED) is 0.607. The summed E-state index contributed by atoms with van der Waals surface area (Å²) in [6.45, 7) is 8.56. The number of aliphatic imine (C=N–C) groups is 1. The molecule has 0 atom stereocenters. The maximum absolute atomic E-state index is 5.76. The first-order valence-electron chi connectivity index (χ1n) is 9.56. The van der Waals surface area contributed by atoms with Crippen molar-refractivity contribution >= 4 is 11.6 Å². The number of pyridine rings is 1. The summed E-state index contributed by atoms with van der Waals surface area (Å²) in [5, 5.41) is 6.59. The zero-order chi connectivity index (χ0) is 19.9. The van der Waals surface area contributed by atoms with Gasteiger partial charge in [0.25, 0.3) is 0 Å². The predicted molar refractivity (Wildman–Crippen MR) is 111 cm³/mol. The average Bonchev–Trinajstić information content (AvgIpc) is 2.93. The first kappa shape index (κ1) is 19.8. The van der Waals surface area contributed by atoms with Crippen molar-refractivity contribution in [1.29, 1.82) is 0 Å². The van der Waals surface area contributed by atoms with E-state index in [1.165, 1.54) is 0 Å². The standard InChI is InChI=1S/C21H28N4O3/c1-5-22-21(24-13-17-15(3)20(26-4)14(2)12-23-17)25-16-7-8-18-19(11-16)28-10-6-9-27-18/h7-8,11-12H,5-6,9-10,13H2,1-4H3,(H2,22,24,25). The van der Waals surface area contributed by atoms with Crippen LogP contribution in [-0.4, -0.2) is 37.8 Å². The molecule has 0 saturated heterocycles. The molecule has 0 aliphatic carbocycles. The van der Waals surface area contributed by atoms with Crippen LogP contribution in [0, 0.1) is 13.8 Å². The summed E-state index contributed by atoms with van der Waals surface area (Å²) < 4.78 is 16.9. The number of anilines is 1. The second-order valence-corrected chi connectivity index (χ2v) is 6.58. The molecule has 7 nitrogen and oxygen atoms in total. The summed E-state index contributed by atoms with van der Waals surface area (Å²) in [5.74, 6) is 3.06. The van der Waals surface area contributed by atoms with Crippen molar-refractivity contribution in [2.75, 3.05) is 32.2 Å². The highest BCUT2D eigenvalue weighted by Gasteiger charge is 2.12. The molecule has 28 heavy (non-hydrogen) atoms. The molecule has 2 N–H and O–H groups in total. The van der Waals surface area contributed by atoms with E-state index in [0.29, 0.717) is 25.7 Å². The Bertz CT molecular complexity index is 852. The Hall–Kier alpha value is -2.96. The molecular weight excluding hydrogens is 356 g/mol. The van der Waals surface area contributed by atoms with Gasteiger partial charge in [0.2, 0.25) is 0 Å². The highest BCUT2D eigenvalue weighted by atomic mass is 16.5. The molecule has 0 unspecified atom stereocenters. The molecule has 0 bridgehead atoms. The van der Waals surface area contributed by atoms with Crippen molar-refractivity contribution < 1.29 is 14.2 Å². The second kappa shape index (κ2) is 9.30. The Morgan fingerprint density at radius 3 is 2.75 bits per heavy atom. The van der Waals surface area contributed by atoms with E-state index in [1.807, 2.05) is 45.2 Å². The van der Waals surface area contributed by atoms with Gasteiger partial charge in [0.05, 0.1) is 32.6 Å². The lowest BCUT2D eigenvalue weighted by atomic mass is 10.1. The van der Waals surface area contributed by atoms with Crippen molar-refractivity contribution in [1.82, 2.24) is 10.3 Å². The van der Waals surface area contributed by atoms with E-state index < -0.39 is 0 Å². The summed E-state index contributed by atoms with van der Waals surface area (Å²) in [6.07, 6.45) is 2.70. The van der Waals surface area contributed by atoms with Crippen molar-refractivity contribution in [2.45, 2.75) is 33.7 Å². The number of rotatable bonds is 5. The number of guanidine groups is 1. The fourth-order valence-electron chi connectivity index (χ4n) is 3.07. The van der Waals surface area contributed by atoms with Crippen LogP contribution in [0.1, 0.15) is 30.2 Å². The molecule has 2 aromatic rings. The van der Waals surface area contributed by atoms with E-state index in [0.717, 1.165) is 52.7 Å². The highest BCUT2D eigenvalue weighted by molar-refractivity contribution is 5.93. The minimum Gasteiger partial charge on any atom is -0.496 e. The number of nitrogens with one attached hydrogen (secondary N) is 2. The number of nitrogens with zero attached hydrogens (tertiary/aromatic N) is 2. The van der Waals surface area contributed by atoms with Crippen LogP contribution in [0.4, 0.5) is 5.69 Å². The lowest BCUT2D eigenvalue weighted by Crippen LogP contribution is -2.30. The minimum absolute atomic E-state index is 0.447. The third kappa shape index (κ3) is 4.65. The van der Waals surface area contributed by atoms with E-state index in [2.05, 4.69) is 20.6 Å². The fourth-order valence-corrected chi connectivity index (χ4v) is 3.07. The Morgan fingerprint density at radius 2 is 2.00 bits per heavy atom. The van der Waals surface area contributed by atoms with Crippen molar-refractivity contribution in [3.05, 3.63) is 41.2 Å². The van der Waals surface area contributed by atoms with Crippen molar-refractivity contribution in [3.63, 3.8) is 0 Å². The van der Waals surface area contributed by atoms with Crippen LogP contribution in [0.25, 0.3) is 0 Å². The molecule has 0 spiro atoms. The monoisotopic (exact) mass is 384 g/mol. The Labute approximate surface area is 166 Å². The molecule has 3 rings (SSSR count). The maximum Gasteiger partial charge on any atom is 0.196 e. The summed E-state index contributed by atoms with van der Waals surface area (Å²) in [6, 6.07) is 5.81. The van der Waals surface area contributed by atoms with Gasteiger partial charge in [0.15, 0.2) is 17.5 Å². The van der Waals surface area contributed by atoms with Gasteiger partial charge >= 0.3 is 0 Å². The third-order valence-electron chi connectivity index (χ3n) is 4.49. The Balaban J connectivity index is 1.77. The zero-order valence-electron chi connectivity index (χ0n) is 17.0. The summed E-state index contributed by atoms with van der Waals surface area (Å²) in [5.41, 5.74) is 3.80. The predicted octanol–water partition coefficient (Wildman–Crippen LogP) is 3.45. The molecule has 0 fully saturated rings. The molecule has 7 heteroatoms. The van der Waals surface area contributed by atoms with E-state index in [4.69, 9.17) is 14.2 Å². The third-order valence-corrected chi connectivity index (χ3v) is 4.49. The molecule has 0 amide bonds. The Morgan fingerprint density at radius 1 is 1.21 bits per heavy atom. The van der Waals surface area contributed by atoms with E-state index in [9.17, 15) is 0 Å². The molecule has 1 aromatic carbocycles. The molecule has 1 aromatic heterocycles. The van der Waals surface area contributed by atoms with Gasteiger partial charge in [0, 0.05) is 42.0 Å². The number of hydrogen-bond donors (Lipinski definition) is 2. The molecular formula is C21H28N4O3. The number of ether oxygens (including phenoxy) is 3. The molecule has 0 radical (unpaired) electrons. The van der Waals surface area contributed by atoms with E-state index >= 15 is 0 Å². The van der Waals surface area contributed by atoms with Gasteiger partial charge in [-0.2, -0.15) is 0 Å². The lowest BCUT2D eigenvalue weighted by molar-refractivity contribution is 0.297. The van der Waals surface area contributed by atoms with Gasteiger partial charge in [0.1, 0.15) is 5.75 Å². The molecule has 1 aliphatic heterocycles. The van der Waals surface area contributed by atoms with Crippen LogP contribution in [0.15, 0.2) is 29.4 Å². The van der Waals surface area contributed by atoms with Crippen LogP contribution < -0.4 is 24.8 Å². The summed E-state index contributed by atoms with van der Waals surface area (Å²) in [4.78, 5) is 9.19. The SMILES string of the molecule is CCNC(=NCc1ncc(C)c(OC)c1C)Nc1ccc2c(c1)OCCCO2. The van der Waals surface area contributed by atoms with Gasteiger partial charge in [-0.15, -0.1) is 0 Å². The van der Waals surface area contributed by atoms with E-state index in [-0.39, 0.29) is 0 Å². The highest BCUT2D eigenvalue weighted by Crippen LogP contribution is 2.32. The van der Waals surface area contributed by atoms with Gasteiger partial charge in [-0.25, -0.2) is 4.99 Å². The fraction of sp³-hybridized carbons (Fsp3) is 0.429. The van der Waals surface area contributed by atoms with Crippen molar-refractivity contribution in [3.8, 4) is 17.2 Å². The first-order chi connectivity index (χ1) is 13.6. The minimum atomic E-state index is 0.447. The topological polar surface area (TPSA) is 77.0 Å². The number of benzene rings is 1. The zero-order valence-corrected chi connectivity index (χ0v) is 17.0. The smallest absolute Gasteiger partial charge is 0.196 e. The molecule has 2 heterocycles. The van der Waals surface area contributed by atoms with Crippen LogP contribution in [-0.2, 0) is 6.54 Å². The summed E-state index contributed by atoms with van der Waals surface area (Å²) in [7, 11) is 1.68. The number of hydrogen-bond acceptors (Lipinski definition) is 5. The molecule has 0 saturated carbocycles. The Kier molecular flexibility index (Phi) is 6.57. The number of methoxy groups -OCH3 is 1. The number of aryl methyl sites for hydroxylation is 1. The maximum atomic E-state index is 5.76. The number of fused-ring (bicyclic) bond motifs is 1. The molecule has 1 aliphatic rings. The first-order valence-corrected chi connectivity index (χ1v) is 9.56.